The number of hydrogen-bond acceptors (Lipinski definition) is 4. The Morgan fingerprint density at radius 1 is 0.923 bits per heavy atom. The average Bonchev–Trinajstić information content (AvgIpc) is 2.82. The highest BCUT2D eigenvalue weighted by atomic mass is 16.2. The van der Waals surface area contributed by atoms with Crippen LogP contribution in [0, 0.1) is 0 Å². The van der Waals surface area contributed by atoms with Crippen LogP contribution >= 0.6 is 0 Å². The Morgan fingerprint density at radius 2 is 1.58 bits per heavy atom. The molecule has 0 spiro atoms. The number of nitrogens with zero attached hydrogens (tertiary/aromatic N) is 2. The van der Waals surface area contributed by atoms with Crippen molar-refractivity contribution in [1.82, 2.24) is 9.80 Å². The van der Waals surface area contributed by atoms with Gasteiger partial charge in [0.2, 0.25) is 5.91 Å². The smallest absolute Gasteiger partial charge is 0.324 e. The lowest BCUT2D eigenvalue weighted by molar-refractivity contribution is -0.143. The third-order valence-electron chi connectivity index (χ3n) is 4.08. The van der Waals surface area contributed by atoms with Crippen LogP contribution < -0.4 is 5.32 Å². The van der Waals surface area contributed by atoms with Crippen molar-refractivity contribution < 1.29 is 19.2 Å². The summed E-state index contributed by atoms with van der Waals surface area (Å²) < 4.78 is 0. The van der Waals surface area contributed by atoms with E-state index in [1.165, 1.54) is 7.05 Å². The van der Waals surface area contributed by atoms with Gasteiger partial charge in [-0.05, 0) is 23.6 Å². The highest BCUT2D eigenvalue weighted by Crippen LogP contribution is 2.19. The van der Waals surface area contributed by atoms with E-state index in [2.05, 4.69) is 5.32 Å². The minimum atomic E-state index is -0.995. The Balaban J connectivity index is 1.71. The van der Waals surface area contributed by atoms with E-state index < -0.39 is 30.3 Å². The molecule has 2 aromatic rings. The number of hydrogen-bond donors (Lipinski definition) is 1. The molecular formula is C19H17N3O4. The summed E-state index contributed by atoms with van der Waals surface area (Å²) in [5.74, 6) is -2.48. The maximum absolute atomic E-state index is 12.3. The summed E-state index contributed by atoms with van der Waals surface area (Å²) in [7, 11) is 1.20. The molecule has 1 aliphatic rings. The van der Waals surface area contributed by atoms with Gasteiger partial charge in [0.15, 0.2) is 0 Å². The van der Waals surface area contributed by atoms with Crippen molar-refractivity contribution in [2.24, 2.45) is 0 Å². The predicted molar refractivity (Wildman–Crippen MR) is 94.2 cm³/mol. The molecular weight excluding hydrogens is 334 g/mol. The monoisotopic (exact) mass is 351 g/mol. The lowest BCUT2D eigenvalue weighted by Crippen LogP contribution is -2.38. The summed E-state index contributed by atoms with van der Waals surface area (Å²) >= 11 is 0. The molecule has 132 valence electrons. The van der Waals surface area contributed by atoms with Gasteiger partial charge in [-0.25, -0.2) is 9.69 Å². The Bertz CT molecular complexity index is 879. The molecule has 1 saturated heterocycles. The molecule has 1 heterocycles. The topological polar surface area (TPSA) is 86.8 Å². The Kier molecular flexibility index (Phi) is 4.79. The first kappa shape index (κ1) is 17.3. The van der Waals surface area contributed by atoms with Gasteiger partial charge in [-0.15, -0.1) is 0 Å². The summed E-state index contributed by atoms with van der Waals surface area (Å²) in [4.78, 5) is 48.7. The van der Waals surface area contributed by atoms with Gasteiger partial charge in [-0.3, -0.25) is 19.3 Å². The van der Waals surface area contributed by atoms with Crippen LogP contribution in [0.2, 0.25) is 0 Å². The molecule has 7 nitrogen and oxygen atoms in total. The van der Waals surface area contributed by atoms with Gasteiger partial charge in [0.25, 0.3) is 0 Å². The van der Waals surface area contributed by atoms with Gasteiger partial charge in [0.1, 0.15) is 6.54 Å². The van der Waals surface area contributed by atoms with E-state index in [0.717, 1.165) is 11.1 Å². The highest BCUT2D eigenvalue weighted by molar-refractivity contribution is 6.44. The highest BCUT2D eigenvalue weighted by Gasteiger charge is 2.42. The third kappa shape index (κ3) is 3.46. The molecule has 0 unspecified atom stereocenters. The van der Waals surface area contributed by atoms with Crippen molar-refractivity contribution in [2.75, 3.05) is 18.9 Å². The molecule has 0 atom stereocenters. The van der Waals surface area contributed by atoms with E-state index in [4.69, 9.17) is 0 Å². The summed E-state index contributed by atoms with van der Waals surface area (Å²) in [5, 5.41) is 2.71. The summed E-state index contributed by atoms with van der Waals surface area (Å²) in [6.45, 7) is -0.507. The predicted octanol–water partition coefficient (Wildman–Crippen LogP) is 1.64. The Labute approximate surface area is 150 Å². The van der Waals surface area contributed by atoms with Gasteiger partial charge in [0.05, 0.1) is 0 Å². The second-order valence-corrected chi connectivity index (χ2v) is 5.91. The zero-order chi connectivity index (χ0) is 18.7. The molecule has 3 rings (SSSR count). The molecule has 0 saturated carbocycles. The van der Waals surface area contributed by atoms with Crippen LogP contribution in [-0.2, 0) is 20.8 Å². The van der Waals surface area contributed by atoms with Crippen LogP contribution in [0.5, 0.6) is 0 Å². The zero-order valence-corrected chi connectivity index (χ0v) is 14.1. The third-order valence-corrected chi connectivity index (χ3v) is 4.08. The van der Waals surface area contributed by atoms with Crippen LogP contribution in [0.25, 0.3) is 0 Å². The van der Waals surface area contributed by atoms with Gasteiger partial charge < -0.3 is 5.32 Å². The van der Waals surface area contributed by atoms with E-state index >= 15 is 0 Å². The fourth-order valence-corrected chi connectivity index (χ4v) is 2.70. The Hall–Kier alpha value is -3.48. The summed E-state index contributed by atoms with van der Waals surface area (Å²) in [6.07, 6.45) is 0.625. The second-order valence-electron chi connectivity index (χ2n) is 5.91. The largest absolute Gasteiger partial charge is 0.334 e. The van der Waals surface area contributed by atoms with Crippen LogP contribution in [0.3, 0.4) is 0 Å². The fraction of sp³-hybridized carbons (Fsp3) is 0.158. The lowest BCUT2D eigenvalue weighted by Gasteiger charge is -2.15. The Morgan fingerprint density at radius 3 is 2.23 bits per heavy atom. The number of nitrogens with one attached hydrogen (secondary N) is 1. The number of carbonyl (C=O) groups excluding carboxylic acids is 4. The zero-order valence-electron chi connectivity index (χ0n) is 14.1. The minimum absolute atomic E-state index is 0.507. The number of anilines is 1. The van der Waals surface area contributed by atoms with Crippen molar-refractivity contribution in [3.8, 4) is 0 Å². The van der Waals surface area contributed by atoms with Crippen molar-refractivity contribution in [3.05, 3.63) is 65.7 Å². The summed E-state index contributed by atoms with van der Waals surface area (Å²) in [5.41, 5.74) is 2.59. The van der Waals surface area contributed by atoms with Gasteiger partial charge >= 0.3 is 17.8 Å². The molecule has 0 aliphatic carbocycles. The molecule has 2 aromatic carbocycles. The maximum atomic E-state index is 12.3. The van der Waals surface area contributed by atoms with Crippen molar-refractivity contribution >= 4 is 29.4 Å². The van der Waals surface area contributed by atoms with Gasteiger partial charge in [-0.1, -0.05) is 48.5 Å². The number of urea groups is 1. The van der Waals surface area contributed by atoms with E-state index in [-0.39, 0.29) is 0 Å². The van der Waals surface area contributed by atoms with E-state index in [9.17, 15) is 19.2 Å². The van der Waals surface area contributed by atoms with Crippen molar-refractivity contribution in [2.45, 2.75) is 6.42 Å². The molecule has 0 aromatic heterocycles. The molecule has 1 fully saturated rings. The van der Waals surface area contributed by atoms with Crippen molar-refractivity contribution in [3.63, 3.8) is 0 Å². The quantitative estimate of drug-likeness (QED) is 0.655. The normalized spacial score (nSPS) is 14.1. The number of imide groups is 2. The van der Waals surface area contributed by atoms with Crippen LogP contribution in [-0.4, -0.2) is 47.1 Å². The van der Waals surface area contributed by atoms with Gasteiger partial charge in [-0.2, -0.15) is 0 Å². The molecule has 1 N–H and O–H groups in total. The molecule has 0 bridgehead atoms. The maximum Gasteiger partial charge on any atom is 0.334 e. The average molecular weight is 351 g/mol. The lowest BCUT2D eigenvalue weighted by atomic mass is 10.0. The molecule has 0 radical (unpaired) electrons. The van der Waals surface area contributed by atoms with Crippen molar-refractivity contribution in [1.29, 1.82) is 0 Å². The van der Waals surface area contributed by atoms with Crippen LogP contribution in [0.1, 0.15) is 11.1 Å². The van der Waals surface area contributed by atoms with E-state index in [1.807, 2.05) is 42.5 Å². The molecule has 26 heavy (non-hydrogen) atoms. The molecule has 7 heteroatoms. The molecule has 5 amide bonds. The number of amides is 5. The number of rotatable bonds is 5. The SMILES string of the molecule is CN1C(=O)C(=O)N(CC(=O)Nc2ccccc2Cc2ccccc2)C1=O. The number of para-hydroxylation sites is 1. The number of likely N-dealkylation sites (N-methyl/N-ethyl adjacent to an activating group) is 1. The van der Waals surface area contributed by atoms with Crippen LogP contribution in [0.15, 0.2) is 54.6 Å². The molecule has 1 aliphatic heterocycles. The standard InChI is InChI=1S/C19H17N3O4/c1-21-17(24)18(25)22(19(21)26)12-16(23)20-15-10-6-5-9-14(15)11-13-7-3-2-4-8-13/h2-10H,11-12H2,1H3,(H,20,23). The first-order valence-electron chi connectivity index (χ1n) is 8.02. The van der Waals surface area contributed by atoms with Crippen LogP contribution in [0.4, 0.5) is 10.5 Å². The first-order chi connectivity index (χ1) is 12.5. The van der Waals surface area contributed by atoms with E-state index in [0.29, 0.717) is 21.9 Å². The number of benzene rings is 2. The van der Waals surface area contributed by atoms with E-state index in [1.54, 1.807) is 12.1 Å². The minimum Gasteiger partial charge on any atom is -0.324 e. The first-order valence-corrected chi connectivity index (χ1v) is 8.02. The van der Waals surface area contributed by atoms with Gasteiger partial charge in [0, 0.05) is 12.7 Å². The number of carbonyl (C=O) groups is 4. The summed E-state index contributed by atoms with van der Waals surface area (Å²) in [6, 6.07) is 16.3. The fourth-order valence-electron chi connectivity index (χ4n) is 2.70. The second kappa shape index (κ2) is 7.18.